The van der Waals surface area contributed by atoms with Crippen molar-refractivity contribution in [1.82, 2.24) is 0 Å². The molecular weight excluding hydrogens is 356 g/mol. The van der Waals surface area contributed by atoms with E-state index in [0.29, 0.717) is 12.7 Å². The van der Waals surface area contributed by atoms with E-state index in [-0.39, 0.29) is 0 Å². The van der Waals surface area contributed by atoms with Crippen LogP contribution in [0.4, 0.5) is 0 Å². The van der Waals surface area contributed by atoms with Crippen LogP contribution in [0.2, 0.25) is 0 Å². The second-order valence-corrected chi connectivity index (χ2v) is 8.56. The van der Waals surface area contributed by atoms with Crippen molar-refractivity contribution in [3.05, 3.63) is 42.0 Å². The van der Waals surface area contributed by atoms with Gasteiger partial charge in [-0.05, 0) is 50.2 Å². The number of allylic oxidation sites excluding steroid dienone is 2. The third-order valence-electron chi connectivity index (χ3n) is 5.76. The van der Waals surface area contributed by atoms with Crippen LogP contribution in [0.15, 0.2) is 36.4 Å². The van der Waals surface area contributed by atoms with Crippen LogP contribution in [0, 0.1) is 0 Å². The van der Waals surface area contributed by atoms with E-state index in [9.17, 15) is 0 Å². The molecule has 2 heteroatoms. The molecule has 1 saturated heterocycles. The van der Waals surface area contributed by atoms with E-state index in [1.54, 1.807) is 0 Å². The smallest absolute Gasteiger partial charge is 0.122 e. The van der Waals surface area contributed by atoms with Crippen molar-refractivity contribution in [1.29, 1.82) is 0 Å². The van der Waals surface area contributed by atoms with Crippen molar-refractivity contribution < 1.29 is 9.47 Å². The molecule has 2 nitrogen and oxygen atoms in total. The Labute approximate surface area is 180 Å². The molecule has 164 valence electrons. The molecule has 1 aromatic rings. The van der Waals surface area contributed by atoms with Crippen molar-refractivity contribution in [2.75, 3.05) is 13.2 Å². The summed E-state index contributed by atoms with van der Waals surface area (Å²) >= 11 is 0. The highest BCUT2D eigenvalue weighted by molar-refractivity contribution is 5.33. The predicted molar refractivity (Wildman–Crippen MR) is 125 cm³/mol. The zero-order valence-corrected chi connectivity index (χ0v) is 18.9. The van der Waals surface area contributed by atoms with Gasteiger partial charge in [-0.3, -0.25) is 0 Å². The van der Waals surface area contributed by atoms with Gasteiger partial charge in [0.1, 0.15) is 18.5 Å². The molecule has 1 aromatic carbocycles. The number of hydrogen-bond acceptors (Lipinski definition) is 2. The third kappa shape index (κ3) is 12.8. The number of benzene rings is 1. The van der Waals surface area contributed by atoms with Crippen molar-refractivity contribution in [2.24, 2.45) is 0 Å². The molecule has 0 saturated carbocycles. The van der Waals surface area contributed by atoms with Crippen molar-refractivity contribution in [3.63, 3.8) is 0 Å². The first-order chi connectivity index (χ1) is 14.4. The zero-order chi connectivity index (χ0) is 20.4. The Morgan fingerprint density at radius 2 is 1.41 bits per heavy atom. The fraction of sp³-hybridized carbons (Fsp3) is 0.704. The second-order valence-electron chi connectivity index (χ2n) is 8.56. The van der Waals surface area contributed by atoms with Crippen molar-refractivity contribution >= 4 is 0 Å². The second kappa shape index (κ2) is 16.5. The largest absolute Gasteiger partial charge is 0.491 e. The first-order valence-electron chi connectivity index (χ1n) is 12.4. The maximum Gasteiger partial charge on any atom is 0.122 e. The Hall–Kier alpha value is -1.28. The van der Waals surface area contributed by atoms with E-state index in [1.807, 2.05) is 0 Å². The molecule has 0 radical (unpaired) electrons. The summed E-state index contributed by atoms with van der Waals surface area (Å²) in [7, 11) is 0. The van der Waals surface area contributed by atoms with Gasteiger partial charge in [0.25, 0.3) is 0 Å². The van der Waals surface area contributed by atoms with E-state index >= 15 is 0 Å². The molecule has 1 atom stereocenters. The minimum absolute atomic E-state index is 0.324. The monoisotopic (exact) mass is 400 g/mol. The van der Waals surface area contributed by atoms with Gasteiger partial charge in [0, 0.05) is 0 Å². The standard InChI is InChI=1S/C27H44O2/c1-2-3-4-5-6-7-8-9-10-11-12-13-14-15-16-17-20-25-21-18-19-22-27(25)29-24-26-23-28-26/h12-13,18-19,21-22,26H,2-11,14-17,20,23-24H2,1H3/b13-12+. The molecule has 0 spiro atoms. The van der Waals surface area contributed by atoms with Gasteiger partial charge < -0.3 is 9.47 Å². The average Bonchev–Trinajstić information content (AvgIpc) is 3.57. The molecular formula is C27H44O2. The molecule has 1 aliphatic rings. The molecule has 0 aromatic heterocycles. The Morgan fingerprint density at radius 1 is 0.828 bits per heavy atom. The number of ether oxygens (including phenoxy) is 2. The molecule has 2 rings (SSSR count). The van der Waals surface area contributed by atoms with E-state index in [2.05, 4.69) is 43.3 Å². The maximum atomic E-state index is 5.90. The molecule has 1 heterocycles. The fourth-order valence-electron chi connectivity index (χ4n) is 3.76. The summed E-state index contributed by atoms with van der Waals surface area (Å²) in [5.74, 6) is 1.05. The number of rotatable bonds is 19. The molecule has 1 unspecified atom stereocenters. The highest BCUT2D eigenvalue weighted by atomic mass is 16.6. The minimum atomic E-state index is 0.324. The lowest BCUT2D eigenvalue weighted by Gasteiger charge is -2.10. The quantitative estimate of drug-likeness (QED) is 0.133. The highest BCUT2D eigenvalue weighted by Crippen LogP contribution is 2.22. The van der Waals surface area contributed by atoms with Gasteiger partial charge in [0.2, 0.25) is 0 Å². The number of hydrogen-bond donors (Lipinski definition) is 0. The van der Waals surface area contributed by atoms with Crippen molar-refractivity contribution in [2.45, 2.75) is 109 Å². The number of para-hydroxylation sites is 1. The number of epoxide rings is 1. The van der Waals surface area contributed by atoms with Crippen LogP contribution < -0.4 is 4.74 Å². The first-order valence-corrected chi connectivity index (χ1v) is 12.4. The van der Waals surface area contributed by atoms with Gasteiger partial charge in [-0.15, -0.1) is 0 Å². The Kier molecular flexibility index (Phi) is 13.7. The summed E-state index contributed by atoms with van der Waals surface area (Å²) in [4.78, 5) is 0. The number of aryl methyl sites for hydroxylation is 1. The van der Waals surface area contributed by atoms with Gasteiger partial charge in [-0.1, -0.05) is 95.1 Å². The van der Waals surface area contributed by atoms with Gasteiger partial charge in [-0.2, -0.15) is 0 Å². The lowest BCUT2D eigenvalue weighted by molar-refractivity contribution is 0.261. The summed E-state index contributed by atoms with van der Waals surface area (Å²) in [5.41, 5.74) is 1.34. The third-order valence-corrected chi connectivity index (χ3v) is 5.76. The average molecular weight is 401 g/mol. The van der Waals surface area contributed by atoms with Gasteiger partial charge in [0.15, 0.2) is 0 Å². The predicted octanol–water partition coefficient (Wildman–Crippen LogP) is 8.04. The molecule has 0 bridgehead atoms. The Balaban J connectivity index is 1.38. The summed E-state index contributed by atoms with van der Waals surface area (Å²) in [6.07, 6.45) is 25.3. The molecule has 0 aliphatic carbocycles. The number of unbranched alkanes of at least 4 members (excludes halogenated alkanes) is 12. The van der Waals surface area contributed by atoms with E-state index in [4.69, 9.17) is 9.47 Å². The summed E-state index contributed by atoms with van der Waals surface area (Å²) in [6, 6.07) is 8.47. The van der Waals surface area contributed by atoms with Crippen LogP contribution in [0.25, 0.3) is 0 Å². The summed E-state index contributed by atoms with van der Waals surface area (Å²) in [6.45, 7) is 3.84. The topological polar surface area (TPSA) is 21.8 Å². The van der Waals surface area contributed by atoms with Crippen LogP contribution in [0.1, 0.15) is 102 Å². The Bertz CT molecular complexity index is 533. The van der Waals surface area contributed by atoms with Crippen LogP contribution in [0.5, 0.6) is 5.75 Å². The van der Waals surface area contributed by atoms with Crippen molar-refractivity contribution in [3.8, 4) is 5.75 Å². The van der Waals surface area contributed by atoms with Gasteiger partial charge in [-0.25, -0.2) is 0 Å². The first kappa shape index (κ1) is 24.0. The SMILES string of the molecule is CCCCCCCCCCC/C=C/CCCCCc1ccccc1OCC1CO1. The molecule has 1 fully saturated rings. The van der Waals surface area contributed by atoms with Crippen LogP contribution in [0.3, 0.4) is 0 Å². The zero-order valence-electron chi connectivity index (χ0n) is 18.9. The van der Waals surface area contributed by atoms with Crippen LogP contribution >= 0.6 is 0 Å². The summed E-state index contributed by atoms with van der Waals surface area (Å²) < 4.78 is 11.1. The normalized spacial score (nSPS) is 15.8. The maximum absolute atomic E-state index is 5.90. The Morgan fingerprint density at radius 3 is 2.07 bits per heavy atom. The molecule has 29 heavy (non-hydrogen) atoms. The van der Waals surface area contributed by atoms with E-state index < -0.39 is 0 Å². The van der Waals surface area contributed by atoms with Crippen LogP contribution in [-0.2, 0) is 11.2 Å². The molecule has 0 amide bonds. The lowest BCUT2D eigenvalue weighted by Crippen LogP contribution is -2.05. The molecule has 0 N–H and O–H groups in total. The molecule has 1 aliphatic heterocycles. The minimum Gasteiger partial charge on any atom is -0.491 e. The fourth-order valence-corrected chi connectivity index (χ4v) is 3.76. The van der Waals surface area contributed by atoms with Gasteiger partial charge in [0.05, 0.1) is 6.61 Å². The van der Waals surface area contributed by atoms with Gasteiger partial charge >= 0.3 is 0 Å². The highest BCUT2D eigenvalue weighted by Gasteiger charge is 2.23. The van der Waals surface area contributed by atoms with E-state index in [0.717, 1.165) is 18.8 Å². The van der Waals surface area contributed by atoms with E-state index in [1.165, 1.54) is 95.5 Å². The van der Waals surface area contributed by atoms with Crippen LogP contribution in [-0.4, -0.2) is 19.3 Å². The lowest BCUT2D eigenvalue weighted by atomic mass is 10.0. The summed E-state index contributed by atoms with van der Waals surface area (Å²) in [5, 5.41) is 0.